The topological polar surface area (TPSA) is 74.8 Å². The van der Waals surface area contributed by atoms with Crippen LogP contribution in [0.25, 0.3) is 11.0 Å². The van der Waals surface area contributed by atoms with Gasteiger partial charge in [-0.05, 0) is 31.0 Å². The second-order valence-electron chi connectivity index (χ2n) is 5.49. The lowest BCUT2D eigenvalue weighted by Gasteiger charge is -2.31. The van der Waals surface area contributed by atoms with Crippen LogP contribution in [-0.2, 0) is 0 Å². The zero-order chi connectivity index (χ0) is 14.9. The first-order valence-electron chi connectivity index (χ1n) is 7.30. The van der Waals surface area contributed by atoms with Gasteiger partial charge in [-0.15, -0.1) is 11.3 Å². The summed E-state index contributed by atoms with van der Waals surface area (Å²) in [6.45, 7) is 1.54. The van der Waals surface area contributed by atoms with Crippen LogP contribution in [0.4, 0.5) is 0 Å². The summed E-state index contributed by atoms with van der Waals surface area (Å²) in [5, 5.41) is 13.8. The minimum absolute atomic E-state index is 0.0613. The van der Waals surface area contributed by atoms with E-state index in [4.69, 9.17) is 0 Å². The highest BCUT2D eigenvalue weighted by Crippen LogP contribution is 2.29. The van der Waals surface area contributed by atoms with Gasteiger partial charge in [0, 0.05) is 36.1 Å². The van der Waals surface area contributed by atoms with Crippen molar-refractivity contribution in [1.29, 1.82) is 0 Å². The first kappa shape index (κ1) is 13.4. The third-order valence-corrected chi connectivity index (χ3v) is 5.01. The fraction of sp³-hybridized carbons (Fsp3) is 0.333. The molecular weight excluding hydrogens is 298 g/mol. The molecule has 1 saturated heterocycles. The number of benzene rings is 1. The van der Waals surface area contributed by atoms with Crippen molar-refractivity contribution in [2.24, 2.45) is 0 Å². The Morgan fingerprint density at radius 1 is 1.32 bits per heavy atom. The number of rotatable bonds is 2. The molecule has 112 valence electrons. The lowest BCUT2D eigenvalue weighted by atomic mass is 9.98. The summed E-state index contributed by atoms with van der Waals surface area (Å²) in [7, 11) is 0. The molecular formula is C15H15N5OS. The molecule has 1 amide bonds. The molecule has 2 aromatic heterocycles. The number of aromatic nitrogens is 4. The van der Waals surface area contributed by atoms with Crippen molar-refractivity contribution >= 4 is 28.3 Å². The van der Waals surface area contributed by atoms with Gasteiger partial charge in [-0.2, -0.15) is 15.4 Å². The van der Waals surface area contributed by atoms with Crippen molar-refractivity contribution in [2.75, 3.05) is 13.1 Å². The Hall–Kier alpha value is -2.28. The molecule has 0 spiro atoms. The third-order valence-electron chi connectivity index (χ3n) is 4.07. The van der Waals surface area contributed by atoms with Crippen LogP contribution in [0.3, 0.4) is 0 Å². The molecule has 3 aromatic rings. The second-order valence-corrected chi connectivity index (χ2v) is 6.41. The van der Waals surface area contributed by atoms with Crippen molar-refractivity contribution in [2.45, 2.75) is 18.8 Å². The van der Waals surface area contributed by atoms with E-state index in [0.717, 1.165) is 42.0 Å². The molecule has 0 aliphatic carbocycles. The smallest absolute Gasteiger partial charge is 0.253 e. The van der Waals surface area contributed by atoms with Gasteiger partial charge >= 0.3 is 0 Å². The van der Waals surface area contributed by atoms with Crippen molar-refractivity contribution in [3.8, 4) is 0 Å². The van der Waals surface area contributed by atoms with E-state index in [1.807, 2.05) is 28.6 Å². The third kappa shape index (κ3) is 2.37. The average molecular weight is 313 g/mol. The average Bonchev–Trinajstić information content (AvgIpc) is 3.25. The molecule has 22 heavy (non-hydrogen) atoms. The van der Waals surface area contributed by atoms with E-state index in [9.17, 15) is 4.79 Å². The predicted octanol–water partition coefficient (Wildman–Crippen LogP) is 2.43. The summed E-state index contributed by atoms with van der Waals surface area (Å²) in [4.78, 5) is 19.1. The standard InChI is InChI=1S/C15H15N5OS/c21-15(10-3-4-12-13(8-10)18-19-17-12)20-6-1-2-11(9-20)14-16-5-7-22-14/h3-5,7-8,11H,1-2,6,9H2,(H,17,18,19)/t11-/m0/s1. The quantitative estimate of drug-likeness (QED) is 0.788. The number of fused-ring (bicyclic) bond motifs is 1. The van der Waals surface area contributed by atoms with Crippen LogP contribution in [0.2, 0.25) is 0 Å². The van der Waals surface area contributed by atoms with Crippen LogP contribution in [0.1, 0.15) is 34.1 Å². The Morgan fingerprint density at radius 3 is 3.09 bits per heavy atom. The van der Waals surface area contributed by atoms with Crippen molar-refractivity contribution < 1.29 is 4.79 Å². The highest BCUT2D eigenvalue weighted by atomic mass is 32.1. The minimum atomic E-state index is 0.0613. The SMILES string of the molecule is O=C(c1ccc2n[nH]nc2c1)N1CCC[C@H](c2nccs2)C1. The number of nitrogens with zero attached hydrogens (tertiary/aromatic N) is 4. The van der Waals surface area contributed by atoms with E-state index < -0.39 is 0 Å². The molecule has 0 bridgehead atoms. The summed E-state index contributed by atoms with van der Waals surface area (Å²) in [6, 6.07) is 5.45. The molecule has 1 aliphatic heterocycles. The maximum absolute atomic E-state index is 12.7. The first-order chi connectivity index (χ1) is 10.8. The Labute approximate surface area is 131 Å². The Bertz CT molecular complexity index is 797. The number of carbonyl (C=O) groups is 1. The fourth-order valence-electron chi connectivity index (χ4n) is 2.96. The van der Waals surface area contributed by atoms with Crippen molar-refractivity contribution in [3.63, 3.8) is 0 Å². The molecule has 1 fully saturated rings. The van der Waals surface area contributed by atoms with E-state index >= 15 is 0 Å². The number of carbonyl (C=O) groups excluding carboxylic acids is 1. The molecule has 7 heteroatoms. The fourth-order valence-corrected chi connectivity index (χ4v) is 3.72. The number of H-pyrrole nitrogens is 1. The van der Waals surface area contributed by atoms with Gasteiger partial charge in [0.15, 0.2) is 0 Å². The zero-order valence-electron chi connectivity index (χ0n) is 11.9. The summed E-state index contributed by atoms with van der Waals surface area (Å²) in [5.41, 5.74) is 2.16. The summed E-state index contributed by atoms with van der Waals surface area (Å²) >= 11 is 1.67. The van der Waals surface area contributed by atoms with Gasteiger partial charge in [0.2, 0.25) is 0 Å². The lowest BCUT2D eigenvalue weighted by molar-refractivity contribution is 0.0707. The molecule has 1 N–H and O–H groups in total. The van der Waals surface area contributed by atoms with Crippen LogP contribution < -0.4 is 0 Å². The van der Waals surface area contributed by atoms with Gasteiger partial charge in [-0.1, -0.05) is 0 Å². The van der Waals surface area contributed by atoms with E-state index in [2.05, 4.69) is 20.4 Å². The monoisotopic (exact) mass is 313 g/mol. The first-order valence-corrected chi connectivity index (χ1v) is 8.18. The number of aromatic amines is 1. The number of nitrogens with one attached hydrogen (secondary N) is 1. The second kappa shape index (κ2) is 5.49. The number of hydrogen-bond donors (Lipinski definition) is 1. The number of likely N-dealkylation sites (tertiary alicyclic amines) is 1. The van der Waals surface area contributed by atoms with Gasteiger partial charge in [0.25, 0.3) is 5.91 Å². The van der Waals surface area contributed by atoms with Gasteiger partial charge in [-0.3, -0.25) is 4.79 Å². The molecule has 0 unspecified atom stereocenters. The highest BCUT2D eigenvalue weighted by Gasteiger charge is 2.27. The number of hydrogen-bond acceptors (Lipinski definition) is 5. The van der Waals surface area contributed by atoms with Crippen molar-refractivity contribution in [3.05, 3.63) is 40.3 Å². The van der Waals surface area contributed by atoms with Crippen LogP contribution >= 0.6 is 11.3 Å². The van der Waals surface area contributed by atoms with Gasteiger partial charge in [-0.25, -0.2) is 4.98 Å². The maximum atomic E-state index is 12.7. The molecule has 4 rings (SSSR count). The summed E-state index contributed by atoms with van der Waals surface area (Å²) in [5.74, 6) is 0.416. The predicted molar refractivity (Wildman–Crippen MR) is 83.9 cm³/mol. The van der Waals surface area contributed by atoms with Crippen molar-refractivity contribution in [1.82, 2.24) is 25.3 Å². The van der Waals surface area contributed by atoms with Gasteiger partial charge < -0.3 is 4.90 Å². The number of piperidine rings is 1. The summed E-state index contributed by atoms with van der Waals surface area (Å²) in [6.07, 6.45) is 3.95. The molecule has 6 nitrogen and oxygen atoms in total. The van der Waals surface area contributed by atoms with Crippen LogP contribution in [-0.4, -0.2) is 44.3 Å². The van der Waals surface area contributed by atoms with Crippen LogP contribution in [0.15, 0.2) is 29.8 Å². The number of thiazole rings is 1. The van der Waals surface area contributed by atoms with Gasteiger partial charge in [0.05, 0.1) is 5.01 Å². The van der Waals surface area contributed by atoms with E-state index in [1.165, 1.54) is 0 Å². The van der Waals surface area contributed by atoms with E-state index in [0.29, 0.717) is 11.5 Å². The van der Waals surface area contributed by atoms with Gasteiger partial charge in [0.1, 0.15) is 11.0 Å². The molecule has 1 atom stereocenters. The maximum Gasteiger partial charge on any atom is 0.253 e. The van der Waals surface area contributed by atoms with E-state index in [1.54, 1.807) is 17.4 Å². The number of amides is 1. The normalized spacial score (nSPS) is 18.7. The Kier molecular flexibility index (Phi) is 3.34. The Morgan fingerprint density at radius 2 is 2.23 bits per heavy atom. The lowest BCUT2D eigenvalue weighted by Crippen LogP contribution is -2.39. The van der Waals surface area contributed by atoms with Crippen LogP contribution in [0.5, 0.6) is 0 Å². The largest absolute Gasteiger partial charge is 0.338 e. The van der Waals surface area contributed by atoms with Crippen LogP contribution in [0, 0.1) is 0 Å². The molecule has 0 radical (unpaired) electrons. The summed E-state index contributed by atoms with van der Waals surface area (Å²) < 4.78 is 0. The highest BCUT2D eigenvalue weighted by molar-refractivity contribution is 7.09. The molecule has 0 saturated carbocycles. The molecule has 1 aliphatic rings. The molecule has 3 heterocycles. The van der Waals surface area contributed by atoms with E-state index in [-0.39, 0.29) is 5.91 Å². The molecule has 1 aromatic carbocycles. The minimum Gasteiger partial charge on any atom is -0.338 e. The Balaban J connectivity index is 1.56. The zero-order valence-corrected chi connectivity index (χ0v) is 12.7.